The van der Waals surface area contributed by atoms with Crippen molar-refractivity contribution in [1.29, 1.82) is 0 Å². The average molecular weight is 394 g/mol. The number of hydrogen-bond acceptors (Lipinski definition) is 5. The van der Waals surface area contributed by atoms with E-state index in [0.717, 1.165) is 24.1 Å². The van der Waals surface area contributed by atoms with Crippen LogP contribution in [0.3, 0.4) is 0 Å². The molecule has 146 valence electrons. The Morgan fingerprint density at radius 3 is 2.73 bits per heavy atom. The van der Waals surface area contributed by atoms with E-state index in [1.807, 2.05) is 5.48 Å². The van der Waals surface area contributed by atoms with E-state index < -0.39 is 33.9 Å². The molecular weight excluding hydrogens is 373 g/mol. The molecular formula is C16H21F3N2O4S. The van der Waals surface area contributed by atoms with Gasteiger partial charge in [0.25, 0.3) is 0 Å². The van der Waals surface area contributed by atoms with E-state index in [9.17, 15) is 26.8 Å². The topological polar surface area (TPSA) is 78.9 Å². The summed E-state index contributed by atoms with van der Waals surface area (Å²) < 4.78 is 70.7. The Bertz CT molecular complexity index is 748. The first-order valence-electron chi connectivity index (χ1n) is 8.39. The second-order valence-corrected chi connectivity index (χ2v) is 8.64. The number of sulfonamides is 1. The Morgan fingerprint density at radius 2 is 2.12 bits per heavy atom. The fourth-order valence-corrected chi connectivity index (χ4v) is 5.08. The summed E-state index contributed by atoms with van der Waals surface area (Å²) in [4.78, 5) is 0. The minimum Gasteiger partial charge on any atom is -0.376 e. The molecule has 2 heterocycles. The van der Waals surface area contributed by atoms with E-state index >= 15 is 0 Å². The van der Waals surface area contributed by atoms with Crippen LogP contribution < -0.4 is 5.48 Å². The number of hydroxylamine groups is 1. The maximum atomic E-state index is 12.9. The maximum absolute atomic E-state index is 12.9. The number of halogens is 3. The number of nitrogens with zero attached hydrogens (tertiary/aromatic N) is 1. The summed E-state index contributed by atoms with van der Waals surface area (Å²) in [6.45, 7) is 0.607. The third kappa shape index (κ3) is 4.20. The monoisotopic (exact) mass is 394 g/mol. The first-order valence-corrected chi connectivity index (χ1v) is 9.99. The van der Waals surface area contributed by atoms with Gasteiger partial charge in [-0.25, -0.2) is 8.42 Å². The lowest BCUT2D eigenvalue weighted by molar-refractivity contribution is -0.137. The quantitative estimate of drug-likeness (QED) is 0.746. The Morgan fingerprint density at radius 1 is 1.35 bits per heavy atom. The van der Waals surface area contributed by atoms with Crippen LogP contribution in [0, 0.1) is 0 Å². The fraction of sp³-hybridized carbons (Fsp3) is 0.625. The van der Waals surface area contributed by atoms with E-state index in [1.165, 1.54) is 10.4 Å². The largest absolute Gasteiger partial charge is 0.416 e. The van der Waals surface area contributed by atoms with Crippen LogP contribution >= 0.6 is 0 Å². The first kappa shape index (κ1) is 19.6. The number of fused-ring (bicyclic) bond motifs is 1. The summed E-state index contributed by atoms with van der Waals surface area (Å²) in [6.07, 6.45) is -3.08. The zero-order valence-electron chi connectivity index (χ0n) is 14.0. The Hall–Kier alpha value is -1.20. The summed E-state index contributed by atoms with van der Waals surface area (Å²) in [5.41, 5.74) is 2.30. The van der Waals surface area contributed by atoms with Crippen molar-refractivity contribution < 1.29 is 31.5 Å². The number of alkyl halides is 3. The highest BCUT2D eigenvalue weighted by Crippen LogP contribution is 2.32. The SMILES string of the molecule is O=S(=O)(C[C@H](NO)[C@H]1CCCO1)N1CCc2ccc(C(F)(F)F)cc2C1. The summed E-state index contributed by atoms with van der Waals surface area (Å²) >= 11 is 0. The second kappa shape index (κ2) is 7.43. The van der Waals surface area contributed by atoms with Crippen molar-refractivity contribution in [2.45, 2.75) is 44.1 Å². The highest BCUT2D eigenvalue weighted by atomic mass is 32.2. The Kier molecular flexibility index (Phi) is 5.59. The van der Waals surface area contributed by atoms with Crippen molar-refractivity contribution in [1.82, 2.24) is 9.79 Å². The second-order valence-electron chi connectivity index (χ2n) is 6.63. The normalized spacial score (nSPS) is 23.0. The van der Waals surface area contributed by atoms with Crippen molar-refractivity contribution in [2.75, 3.05) is 18.9 Å². The molecule has 0 saturated carbocycles. The summed E-state index contributed by atoms with van der Waals surface area (Å²) in [5, 5.41) is 9.29. The zero-order chi connectivity index (χ0) is 18.9. The molecule has 1 aromatic rings. The maximum Gasteiger partial charge on any atom is 0.416 e. The number of nitrogens with one attached hydrogen (secondary N) is 1. The van der Waals surface area contributed by atoms with Gasteiger partial charge in [-0.3, -0.25) is 0 Å². The molecule has 26 heavy (non-hydrogen) atoms. The minimum absolute atomic E-state index is 0.106. The highest BCUT2D eigenvalue weighted by Gasteiger charge is 2.36. The van der Waals surface area contributed by atoms with E-state index in [2.05, 4.69) is 0 Å². The zero-order valence-corrected chi connectivity index (χ0v) is 14.8. The van der Waals surface area contributed by atoms with Gasteiger partial charge >= 0.3 is 6.18 Å². The van der Waals surface area contributed by atoms with Crippen molar-refractivity contribution >= 4 is 10.0 Å². The molecule has 0 radical (unpaired) electrons. The molecule has 1 fully saturated rings. The van der Waals surface area contributed by atoms with E-state index in [-0.39, 0.29) is 18.8 Å². The molecule has 0 aliphatic carbocycles. The molecule has 2 aliphatic heterocycles. The smallest absolute Gasteiger partial charge is 0.376 e. The lowest BCUT2D eigenvalue weighted by Gasteiger charge is -2.30. The highest BCUT2D eigenvalue weighted by molar-refractivity contribution is 7.89. The van der Waals surface area contributed by atoms with E-state index in [4.69, 9.17) is 4.74 Å². The van der Waals surface area contributed by atoms with Crippen molar-refractivity contribution in [2.24, 2.45) is 0 Å². The predicted molar refractivity (Wildman–Crippen MR) is 87.0 cm³/mol. The standard InChI is InChI=1S/C16H21F3N2O4S/c17-16(18,19)13-4-3-11-5-6-21(9-12(11)8-13)26(23,24)10-14(20-22)15-2-1-7-25-15/h3-4,8,14-15,20,22H,1-2,5-7,9-10H2/t14-,15+/m0/s1. The molecule has 2 N–H and O–H groups in total. The molecule has 0 amide bonds. The molecule has 1 aromatic carbocycles. The van der Waals surface area contributed by atoms with Crippen LogP contribution in [0.25, 0.3) is 0 Å². The van der Waals surface area contributed by atoms with Gasteiger partial charge in [-0.2, -0.15) is 23.0 Å². The van der Waals surface area contributed by atoms with Crippen LogP contribution in [-0.2, 0) is 33.9 Å². The minimum atomic E-state index is -4.47. The number of rotatable bonds is 5. The van der Waals surface area contributed by atoms with E-state index in [0.29, 0.717) is 25.0 Å². The Balaban J connectivity index is 1.76. The molecule has 0 unspecified atom stereocenters. The number of hydrogen-bond donors (Lipinski definition) is 2. The lowest BCUT2D eigenvalue weighted by atomic mass is 9.98. The predicted octanol–water partition coefficient (Wildman–Crippen LogP) is 1.92. The molecule has 0 aromatic heterocycles. The van der Waals surface area contributed by atoms with Crippen LogP contribution in [-0.4, -0.2) is 49.0 Å². The molecule has 0 bridgehead atoms. The molecule has 2 atom stereocenters. The summed E-state index contributed by atoms with van der Waals surface area (Å²) in [7, 11) is -3.77. The van der Waals surface area contributed by atoms with E-state index in [1.54, 1.807) is 0 Å². The van der Waals surface area contributed by atoms with Crippen LogP contribution in [0.1, 0.15) is 29.5 Å². The van der Waals surface area contributed by atoms with Gasteiger partial charge in [0.15, 0.2) is 0 Å². The molecule has 2 aliphatic rings. The molecule has 6 nitrogen and oxygen atoms in total. The van der Waals surface area contributed by atoms with Crippen LogP contribution in [0.4, 0.5) is 13.2 Å². The van der Waals surface area contributed by atoms with Crippen LogP contribution in [0.5, 0.6) is 0 Å². The van der Waals surface area contributed by atoms with Gasteiger partial charge in [-0.05, 0) is 42.5 Å². The third-order valence-corrected chi connectivity index (χ3v) is 6.75. The average Bonchev–Trinajstić information content (AvgIpc) is 3.12. The number of ether oxygens (including phenoxy) is 1. The fourth-order valence-electron chi connectivity index (χ4n) is 3.42. The van der Waals surface area contributed by atoms with Crippen molar-refractivity contribution in [3.63, 3.8) is 0 Å². The summed E-state index contributed by atoms with van der Waals surface area (Å²) in [6, 6.07) is 2.67. The summed E-state index contributed by atoms with van der Waals surface area (Å²) in [5.74, 6) is -0.373. The molecule has 1 saturated heterocycles. The van der Waals surface area contributed by atoms with Crippen LogP contribution in [0.15, 0.2) is 18.2 Å². The van der Waals surface area contributed by atoms with Gasteiger partial charge in [0.05, 0.1) is 23.5 Å². The Labute approximate surface area is 149 Å². The first-order chi connectivity index (χ1) is 12.2. The van der Waals surface area contributed by atoms with Gasteiger partial charge in [0.1, 0.15) is 0 Å². The van der Waals surface area contributed by atoms with Gasteiger partial charge in [0.2, 0.25) is 10.0 Å². The van der Waals surface area contributed by atoms with Gasteiger partial charge < -0.3 is 9.94 Å². The lowest BCUT2D eigenvalue weighted by Crippen LogP contribution is -2.48. The number of benzene rings is 1. The van der Waals surface area contributed by atoms with Crippen LogP contribution in [0.2, 0.25) is 0 Å². The van der Waals surface area contributed by atoms with Gasteiger partial charge in [-0.1, -0.05) is 6.07 Å². The third-order valence-electron chi connectivity index (χ3n) is 4.87. The molecule has 10 heteroatoms. The van der Waals surface area contributed by atoms with Crippen molar-refractivity contribution in [3.05, 3.63) is 34.9 Å². The molecule has 0 spiro atoms. The van der Waals surface area contributed by atoms with Crippen molar-refractivity contribution in [3.8, 4) is 0 Å². The molecule has 3 rings (SSSR count). The van der Waals surface area contributed by atoms with Gasteiger partial charge in [-0.15, -0.1) is 0 Å². The van der Waals surface area contributed by atoms with Gasteiger partial charge in [0, 0.05) is 19.7 Å².